The molecule has 1 heteroatoms. The number of unbranched alkanes of at least 4 members (excludes halogenated alkanes) is 11. The molecule has 0 spiro atoms. The molecule has 0 saturated carbocycles. The van der Waals surface area contributed by atoms with Gasteiger partial charge in [0.25, 0.3) is 0 Å². The van der Waals surface area contributed by atoms with Gasteiger partial charge in [-0.25, -0.2) is 0 Å². The molecule has 0 atom stereocenters. The molecule has 0 aliphatic heterocycles. The highest BCUT2D eigenvalue weighted by molar-refractivity contribution is 4.74. The molecule has 0 aromatic rings. The van der Waals surface area contributed by atoms with Gasteiger partial charge < -0.3 is 5.11 Å². The van der Waals surface area contributed by atoms with Gasteiger partial charge in [-0.3, -0.25) is 0 Å². The molecular weight excluding hydrogens is 232 g/mol. The van der Waals surface area contributed by atoms with Crippen LogP contribution in [-0.2, 0) is 0 Å². The first-order valence-corrected chi connectivity index (χ1v) is 8.84. The average Bonchev–Trinajstić information content (AvgIpc) is 2.42. The van der Waals surface area contributed by atoms with Gasteiger partial charge in [-0.05, 0) is 12.8 Å². The van der Waals surface area contributed by atoms with Crippen molar-refractivity contribution in [2.75, 3.05) is 0 Å². The Morgan fingerprint density at radius 3 is 1.26 bits per heavy atom. The van der Waals surface area contributed by atoms with Crippen LogP contribution >= 0.6 is 0 Å². The zero-order chi connectivity index (χ0) is 14.2. The van der Waals surface area contributed by atoms with E-state index in [9.17, 15) is 5.11 Å². The molecule has 1 nitrogen and oxygen atoms in total. The lowest BCUT2D eigenvalue weighted by molar-refractivity contribution is 0.258. The van der Waals surface area contributed by atoms with Crippen molar-refractivity contribution < 1.29 is 5.11 Å². The van der Waals surface area contributed by atoms with Gasteiger partial charge in [-0.15, -0.1) is 0 Å². The quantitative estimate of drug-likeness (QED) is 0.325. The highest BCUT2D eigenvalue weighted by atomic mass is 16.3. The summed E-state index contributed by atoms with van der Waals surface area (Å²) in [6.45, 7) is 4.50. The van der Waals surface area contributed by atoms with Crippen LogP contribution in [0.25, 0.3) is 0 Å². The van der Waals surface area contributed by atoms with Crippen LogP contribution in [0.3, 0.4) is 0 Å². The minimum atomic E-state index is 0.749. The first-order valence-electron chi connectivity index (χ1n) is 8.84. The SMILES string of the molecule is CCCCCCCCCCC[C](O)CCCCCC. The van der Waals surface area contributed by atoms with Crippen molar-refractivity contribution in [1.82, 2.24) is 0 Å². The summed E-state index contributed by atoms with van der Waals surface area (Å²) in [4.78, 5) is 0. The molecule has 0 aromatic heterocycles. The number of hydrogen-bond acceptors (Lipinski definition) is 1. The van der Waals surface area contributed by atoms with Crippen LogP contribution in [0.4, 0.5) is 0 Å². The number of rotatable bonds is 15. The van der Waals surface area contributed by atoms with E-state index in [1.165, 1.54) is 83.5 Å². The summed E-state index contributed by atoms with van der Waals surface area (Å²) in [6, 6.07) is 0. The fourth-order valence-electron chi connectivity index (χ4n) is 2.52. The van der Waals surface area contributed by atoms with Crippen LogP contribution in [0.2, 0.25) is 0 Å². The number of hydrogen-bond donors (Lipinski definition) is 1. The Morgan fingerprint density at radius 2 is 0.842 bits per heavy atom. The molecule has 115 valence electrons. The van der Waals surface area contributed by atoms with Crippen LogP contribution in [-0.4, -0.2) is 5.11 Å². The predicted octanol–water partition coefficient (Wildman–Crippen LogP) is 6.78. The smallest absolute Gasteiger partial charge is 0.0933 e. The molecule has 0 fully saturated rings. The van der Waals surface area contributed by atoms with Gasteiger partial charge >= 0.3 is 0 Å². The Labute approximate surface area is 122 Å². The Kier molecular flexibility index (Phi) is 16.0. The van der Waals surface area contributed by atoms with E-state index in [-0.39, 0.29) is 0 Å². The maximum Gasteiger partial charge on any atom is 0.0933 e. The molecule has 0 saturated heterocycles. The lowest BCUT2D eigenvalue weighted by Gasteiger charge is -2.08. The minimum absolute atomic E-state index is 0.749. The van der Waals surface area contributed by atoms with Gasteiger partial charge in [0.1, 0.15) is 0 Å². The monoisotopic (exact) mass is 269 g/mol. The van der Waals surface area contributed by atoms with E-state index in [0.29, 0.717) is 0 Å². The van der Waals surface area contributed by atoms with Crippen molar-refractivity contribution in [1.29, 1.82) is 0 Å². The third kappa shape index (κ3) is 15.9. The first kappa shape index (κ1) is 19.0. The highest BCUT2D eigenvalue weighted by Crippen LogP contribution is 2.18. The summed E-state index contributed by atoms with van der Waals surface area (Å²) in [7, 11) is 0. The van der Waals surface area contributed by atoms with Crippen molar-refractivity contribution in [3.63, 3.8) is 0 Å². The zero-order valence-corrected chi connectivity index (χ0v) is 13.6. The number of aliphatic hydroxyl groups excluding tert-OH is 1. The molecule has 1 radical (unpaired) electrons. The first-order chi connectivity index (χ1) is 9.31. The Hall–Kier alpha value is -0.0400. The molecule has 1 N–H and O–H groups in total. The van der Waals surface area contributed by atoms with Crippen molar-refractivity contribution in [2.45, 2.75) is 110 Å². The lowest BCUT2D eigenvalue weighted by atomic mass is 10.0. The molecule has 0 unspecified atom stereocenters. The molecule has 19 heavy (non-hydrogen) atoms. The van der Waals surface area contributed by atoms with Crippen molar-refractivity contribution in [3.05, 3.63) is 6.10 Å². The second-order valence-corrected chi connectivity index (χ2v) is 5.96. The van der Waals surface area contributed by atoms with Gasteiger partial charge in [0.2, 0.25) is 0 Å². The summed E-state index contributed by atoms with van der Waals surface area (Å²) < 4.78 is 0. The van der Waals surface area contributed by atoms with Gasteiger partial charge in [-0.2, -0.15) is 0 Å². The normalized spacial score (nSPS) is 11.4. The fourth-order valence-corrected chi connectivity index (χ4v) is 2.52. The summed E-state index contributed by atoms with van der Waals surface area (Å²) >= 11 is 0. The third-order valence-corrected chi connectivity index (χ3v) is 3.89. The second kappa shape index (κ2) is 16.0. The number of aliphatic hydroxyl groups is 1. The molecule has 0 bridgehead atoms. The second-order valence-electron chi connectivity index (χ2n) is 5.96. The van der Waals surface area contributed by atoms with Gasteiger partial charge in [0, 0.05) is 0 Å². The van der Waals surface area contributed by atoms with E-state index in [1.54, 1.807) is 0 Å². The van der Waals surface area contributed by atoms with Crippen LogP contribution < -0.4 is 0 Å². The van der Waals surface area contributed by atoms with E-state index >= 15 is 0 Å². The predicted molar refractivity (Wildman–Crippen MR) is 85.8 cm³/mol. The summed E-state index contributed by atoms with van der Waals surface area (Å²) in [5, 5.41) is 9.76. The largest absolute Gasteiger partial charge is 0.387 e. The molecule has 0 aliphatic rings. The van der Waals surface area contributed by atoms with Crippen LogP contribution in [0, 0.1) is 6.10 Å². The Bertz CT molecular complexity index is 156. The topological polar surface area (TPSA) is 20.2 Å². The van der Waals surface area contributed by atoms with Crippen LogP contribution in [0.5, 0.6) is 0 Å². The minimum Gasteiger partial charge on any atom is -0.387 e. The average molecular weight is 269 g/mol. The van der Waals surface area contributed by atoms with E-state index < -0.39 is 0 Å². The van der Waals surface area contributed by atoms with Crippen molar-refractivity contribution in [3.8, 4) is 0 Å². The maximum atomic E-state index is 9.76. The Balaban J connectivity index is 3.07. The molecule has 0 heterocycles. The highest BCUT2D eigenvalue weighted by Gasteiger charge is 2.04. The fraction of sp³-hybridized carbons (Fsp3) is 0.944. The summed E-state index contributed by atoms with van der Waals surface area (Å²) in [5.41, 5.74) is 0. The van der Waals surface area contributed by atoms with Crippen molar-refractivity contribution >= 4 is 0 Å². The molecule has 0 rings (SSSR count). The van der Waals surface area contributed by atoms with Crippen LogP contribution in [0.1, 0.15) is 110 Å². The van der Waals surface area contributed by atoms with Crippen LogP contribution in [0.15, 0.2) is 0 Å². The van der Waals surface area contributed by atoms with E-state index in [4.69, 9.17) is 0 Å². The zero-order valence-electron chi connectivity index (χ0n) is 13.6. The molecular formula is C18H37O. The van der Waals surface area contributed by atoms with E-state index in [0.717, 1.165) is 18.9 Å². The summed E-state index contributed by atoms with van der Waals surface area (Å²) in [6.07, 6.45) is 19.9. The molecule has 0 aromatic carbocycles. The molecule has 0 aliphatic carbocycles. The summed E-state index contributed by atoms with van der Waals surface area (Å²) in [5.74, 6) is 0. The van der Waals surface area contributed by atoms with Crippen molar-refractivity contribution in [2.24, 2.45) is 0 Å². The lowest BCUT2D eigenvalue weighted by Crippen LogP contribution is -1.96. The standard InChI is InChI=1S/C18H37O/c1-3-5-7-9-10-11-12-13-15-17-18(19)16-14-8-6-4-2/h19H,3-17H2,1-2H3. The third-order valence-electron chi connectivity index (χ3n) is 3.89. The van der Waals surface area contributed by atoms with Gasteiger partial charge in [-0.1, -0.05) is 97.3 Å². The van der Waals surface area contributed by atoms with E-state index in [2.05, 4.69) is 13.8 Å². The van der Waals surface area contributed by atoms with Gasteiger partial charge in [0.15, 0.2) is 0 Å². The van der Waals surface area contributed by atoms with Gasteiger partial charge in [0.05, 0.1) is 6.10 Å². The maximum absolute atomic E-state index is 9.76. The Morgan fingerprint density at radius 1 is 0.526 bits per heavy atom. The van der Waals surface area contributed by atoms with E-state index in [1.807, 2.05) is 0 Å². The molecule has 0 amide bonds.